The summed E-state index contributed by atoms with van der Waals surface area (Å²) in [6.07, 6.45) is 1.70. The van der Waals surface area contributed by atoms with Crippen LogP contribution in [0.3, 0.4) is 0 Å². The van der Waals surface area contributed by atoms with Crippen LogP contribution in [0.25, 0.3) is 0 Å². The van der Waals surface area contributed by atoms with Crippen LogP contribution in [-0.4, -0.2) is 10.9 Å². The van der Waals surface area contributed by atoms with Crippen molar-refractivity contribution in [2.75, 3.05) is 0 Å². The predicted molar refractivity (Wildman–Crippen MR) is 89.1 cm³/mol. The van der Waals surface area contributed by atoms with Crippen LogP contribution in [0.2, 0.25) is 0 Å². The molecular weight excluding hydrogens is 272 g/mol. The van der Waals surface area contributed by atoms with Crippen molar-refractivity contribution in [2.24, 2.45) is 11.1 Å². The van der Waals surface area contributed by atoms with Gasteiger partial charge in [-0.05, 0) is 17.5 Å². The van der Waals surface area contributed by atoms with Crippen LogP contribution in [0.5, 0.6) is 0 Å². The topological polar surface area (TPSA) is 44.6 Å². The molecule has 0 saturated carbocycles. The van der Waals surface area contributed by atoms with Gasteiger partial charge in [-0.15, -0.1) is 0 Å². The van der Waals surface area contributed by atoms with Gasteiger partial charge < -0.3 is 10.5 Å². The monoisotopic (exact) mass is 294 g/mol. The SMILES string of the molecule is CC[C@H]1/C(=N\O)C[C@@H](c2ccccc2)N[C@@H]1c1ccccc1. The molecule has 1 aliphatic rings. The first-order chi connectivity index (χ1) is 10.8. The van der Waals surface area contributed by atoms with E-state index in [1.807, 2.05) is 12.1 Å². The van der Waals surface area contributed by atoms with Crippen molar-refractivity contribution < 1.29 is 5.21 Å². The predicted octanol–water partition coefficient (Wildman–Crippen LogP) is 4.32. The Kier molecular flexibility index (Phi) is 4.54. The smallest absolute Gasteiger partial charge is 0.0639 e. The van der Waals surface area contributed by atoms with Crippen molar-refractivity contribution in [1.82, 2.24) is 5.32 Å². The van der Waals surface area contributed by atoms with E-state index in [0.717, 1.165) is 18.6 Å². The van der Waals surface area contributed by atoms with Gasteiger partial charge in [0.2, 0.25) is 0 Å². The van der Waals surface area contributed by atoms with Crippen molar-refractivity contribution in [3.05, 3.63) is 71.8 Å². The second kappa shape index (κ2) is 6.75. The molecule has 3 atom stereocenters. The van der Waals surface area contributed by atoms with Gasteiger partial charge >= 0.3 is 0 Å². The van der Waals surface area contributed by atoms with E-state index >= 15 is 0 Å². The minimum absolute atomic E-state index is 0.177. The van der Waals surface area contributed by atoms with Crippen molar-refractivity contribution in [3.8, 4) is 0 Å². The number of piperidine rings is 1. The molecular formula is C19H22N2O. The van der Waals surface area contributed by atoms with Crippen molar-refractivity contribution in [3.63, 3.8) is 0 Å². The Morgan fingerprint density at radius 1 is 1.00 bits per heavy atom. The Bertz CT molecular complexity index is 624. The molecule has 1 saturated heterocycles. The van der Waals surface area contributed by atoms with Gasteiger partial charge in [0.1, 0.15) is 0 Å². The Balaban J connectivity index is 1.95. The van der Waals surface area contributed by atoms with Gasteiger partial charge in [0.25, 0.3) is 0 Å². The maximum absolute atomic E-state index is 9.48. The lowest BCUT2D eigenvalue weighted by molar-refractivity contribution is 0.287. The second-order valence-corrected chi connectivity index (χ2v) is 5.83. The minimum atomic E-state index is 0.177. The lowest BCUT2D eigenvalue weighted by Gasteiger charge is -2.38. The highest BCUT2D eigenvalue weighted by Gasteiger charge is 2.35. The summed E-state index contributed by atoms with van der Waals surface area (Å²) in [5.74, 6) is 0.229. The van der Waals surface area contributed by atoms with Gasteiger partial charge in [-0.3, -0.25) is 0 Å². The van der Waals surface area contributed by atoms with Crippen LogP contribution in [0.1, 0.15) is 43.0 Å². The molecule has 114 valence electrons. The van der Waals surface area contributed by atoms with E-state index in [4.69, 9.17) is 0 Å². The molecule has 1 heterocycles. The van der Waals surface area contributed by atoms with Gasteiger partial charge in [0, 0.05) is 24.4 Å². The molecule has 22 heavy (non-hydrogen) atoms. The highest BCUT2D eigenvalue weighted by molar-refractivity contribution is 5.88. The Labute approximate surface area is 131 Å². The number of benzene rings is 2. The molecule has 0 radical (unpaired) electrons. The zero-order valence-corrected chi connectivity index (χ0v) is 12.8. The summed E-state index contributed by atoms with van der Waals surface area (Å²) in [6, 6.07) is 21.2. The number of nitrogens with one attached hydrogen (secondary N) is 1. The normalized spacial score (nSPS) is 27.0. The third kappa shape index (κ3) is 2.90. The maximum atomic E-state index is 9.48. The minimum Gasteiger partial charge on any atom is -0.411 e. The summed E-state index contributed by atoms with van der Waals surface area (Å²) in [7, 11) is 0. The first-order valence-corrected chi connectivity index (χ1v) is 7.90. The lowest BCUT2D eigenvalue weighted by Crippen LogP contribution is -2.42. The van der Waals surface area contributed by atoms with E-state index in [9.17, 15) is 5.21 Å². The van der Waals surface area contributed by atoms with E-state index in [2.05, 4.69) is 65.9 Å². The average Bonchev–Trinajstić information content (AvgIpc) is 2.62. The zero-order chi connectivity index (χ0) is 15.4. The van der Waals surface area contributed by atoms with Crippen LogP contribution in [0.15, 0.2) is 65.8 Å². The number of hydrogen-bond donors (Lipinski definition) is 2. The molecule has 1 fully saturated rings. The van der Waals surface area contributed by atoms with Crippen LogP contribution in [-0.2, 0) is 0 Å². The zero-order valence-electron chi connectivity index (χ0n) is 12.8. The quantitative estimate of drug-likeness (QED) is 0.654. The van der Waals surface area contributed by atoms with Crippen LogP contribution in [0.4, 0.5) is 0 Å². The highest BCUT2D eigenvalue weighted by Crippen LogP contribution is 2.36. The van der Waals surface area contributed by atoms with E-state index in [1.165, 1.54) is 11.1 Å². The summed E-state index contributed by atoms with van der Waals surface area (Å²) in [5.41, 5.74) is 3.37. The van der Waals surface area contributed by atoms with Gasteiger partial charge in [-0.2, -0.15) is 0 Å². The third-order valence-electron chi connectivity index (χ3n) is 4.55. The van der Waals surface area contributed by atoms with Crippen LogP contribution >= 0.6 is 0 Å². The molecule has 2 aromatic rings. The van der Waals surface area contributed by atoms with Gasteiger partial charge in [0.15, 0.2) is 0 Å². The molecule has 0 aliphatic carbocycles. The number of nitrogens with zero attached hydrogens (tertiary/aromatic N) is 1. The molecule has 0 spiro atoms. The first-order valence-electron chi connectivity index (χ1n) is 7.90. The van der Waals surface area contributed by atoms with Gasteiger partial charge in [-0.25, -0.2) is 0 Å². The van der Waals surface area contributed by atoms with Crippen LogP contribution in [0, 0.1) is 5.92 Å². The number of oxime groups is 1. The van der Waals surface area contributed by atoms with Crippen LogP contribution < -0.4 is 5.32 Å². The molecule has 0 bridgehead atoms. The number of rotatable bonds is 3. The van der Waals surface area contributed by atoms with E-state index in [1.54, 1.807) is 0 Å². The summed E-state index contributed by atoms with van der Waals surface area (Å²) >= 11 is 0. The fourth-order valence-electron chi connectivity index (χ4n) is 3.42. The van der Waals surface area contributed by atoms with Gasteiger partial charge in [0.05, 0.1) is 5.71 Å². The molecule has 2 aromatic carbocycles. The molecule has 3 rings (SSSR count). The summed E-state index contributed by atoms with van der Waals surface area (Å²) < 4.78 is 0. The Hall–Kier alpha value is -2.13. The van der Waals surface area contributed by atoms with Crippen molar-refractivity contribution >= 4 is 5.71 Å². The van der Waals surface area contributed by atoms with E-state index in [-0.39, 0.29) is 18.0 Å². The summed E-state index contributed by atoms with van der Waals surface area (Å²) in [6.45, 7) is 2.15. The Morgan fingerprint density at radius 2 is 1.59 bits per heavy atom. The molecule has 0 amide bonds. The number of hydrogen-bond acceptors (Lipinski definition) is 3. The maximum Gasteiger partial charge on any atom is 0.0639 e. The highest BCUT2D eigenvalue weighted by atomic mass is 16.4. The molecule has 1 aliphatic heterocycles. The van der Waals surface area contributed by atoms with Crippen molar-refractivity contribution in [1.29, 1.82) is 0 Å². The fraction of sp³-hybridized carbons (Fsp3) is 0.316. The molecule has 3 heteroatoms. The lowest BCUT2D eigenvalue weighted by atomic mass is 9.79. The summed E-state index contributed by atoms with van der Waals surface area (Å²) in [4.78, 5) is 0. The standard InChI is InChI=1S/C19H22N2O/c1-2-16-18(21-22)13-17(14-9-5-3-6-10-14)20-19(16)15-11-7-4-8-12-15/h3-12,16-17,19-20,22H,2,13H2,1H3/b21-18-/t16-,17-,19+/m0/s1. The molecule has 0 unspecified atom stereocenters. The fourth-order valence-corrected chi connectivity index (χ4v) is 3.42. The third-order valence-corrected chi connectivity index (χ3v) is 4.55. The average molecular weight is 294 g/mol. The largest absolute Gasteiger partial charge is 0.411 e. The van der Waals surface area contributed by atoms with E-state index in [0.29, 0.717) is 0 Å². The van der Waals surface area contributed by atoms with E-state index < -0.39 is 0 Å². The Morgan fingerprint density at radius 3 is 2.14 bits per heavy atom. The molecule has 3 nitrogen and oxygen atoms in total. The second-order valence-electron chi connectivity index (χ2n) is 5.83. The summed E-state index contributed by atoms with van der Waals surface area (Å²) in [5, 5.41) is 16.9. The molecule has 0 aromatic heterocycles. The van der Waals surface area contributed by atoms with Gasteiger partial charge in [-0.1, -0.05) is 72.7 Å². The molecule has 2 N–H and O–H groups in total. The first kappa shape index (κ1) is 14.8. The van der Waals surface area contributed by atoms with Crippen molar-refractivity contribution in [2.45, 2.75) is 31.8 Å².